The van der Waals surface area contributed by atoms with Gasteiger partial charge in [0, 0.05) is 5.56 Å². The molecule has 27 heavy (non-hydrogen) atoms. The van der Waals surface area contributed by atoms with Crippen molar-refractivity contribution in [3.8, 4) is 0 Å². The molecule has 0 bridgehead atoms. The quantitative estimate of drug-likeness (QED) is 0.458. The van der Waals surface area contributed by atoms with Gasteiger partial charge in [-0.1, -0.05) is 64.8 Å². The van der Waals surface area contributed by atoms with Gasteiger partial charge in [-0.3, -0.25) is 4.79 Å². The summed E-state index contributed by atoms with van der Waals surface area (Å²) < 4.78 is 5.10. The predicted octanol–water partition coefficient (Wildman–Crippen LogP) is 3.97. The molecule has 138 valence electrons. The van der Waals surface area contributed by atoms with Crippen LogP contribution in [0.4, 0.5) is 0 Å². The maximum atomic E-state index is 12.5. The Labute approximate surface area is 158 Å². The number of rotatable bonds is 5. The second kappa shape index (κ2) is 7.99. The summed E-state index contributed by atoms with van der Waals surface area (Å²) in [5.74, 6) is -0.964. The van der Waals surface area contributed by atoms with Crippen molar-refractivity contribution in [1.82, 2.24) is 0 Å². The average molecular weight is 363 g/mol. The number of hydrogen-bond acceptors (Lipinski definition) is 5. The van der Waals surface area contributed by atoms with E-state index in [-0.39, 0.29) is 13.0 Å². The molecule has 0 atom stereocenters. The van der Waals surface area contributed by atoms with Crippen LogP contribution in [0.1, 0.15) is 35.6 Å². The van der Waals surface area contributed by atoms with Gasteiger partial charge in [-0.15, -0.1) is 0 Å². The highest BCUT2D eigenvalue weighted by Crippen LogP contribution is 2.30. The van der Waals surface area contributed by atoms with E-state index >= 15 is 0 Å². The molecule has 0 saturated carbocycles. The number of carbonyl (C=O) groups is 2. The Morgan fingerprint density at radius 1 is 1.00 bits per heavy atom. The molecule has 0 aliphatic carbocycles. The SMILES string of the molecule is CCOC(=O)C/C(=C1/C(=O)ON=C1c1ccc(C)cc1)c1ccc(C)cc1. The maximum Gasteiger partial charge on any atom is 0.368 e. The summed E-state index contributed by atoms with van der Waals surface area (Å²) in [6.07, 6.45) is -0.0355. The number of carbonyl (C=O) groups excluding carboxylic acids is 2. The van der Waals surface area contributed by atoms with Crippen molar-refractivity contribution >= 4 is 23.2 Å². The van der Waals surface area contributed by atoms with Crippen LogP contribution in [0.3, 0.4) is 0 Å². The first-order valence-electron chi connectivity index (χ1n) is 8.82. The van der Waals surface area contributed by atoms with Crippen molar-refractivity contribution in [2.24, 2.45) is 5.16 Å². The van der Waals surface area contributed by atoms with Crippen LogP contribution in [-0.2, 0) is 19.2 Å². The van der Waals surface area contributed by atoms with Gasteiger partial charge < -0.3 is 9.57 Å². The van der Waals surface area contributed by atoms with Crippen LogP contribution in [0, 0.1) is 13.8 Å². The molecule has 1 aliphatic heterocycles. The van der Waals surface area contributed by atoms with Gasteiger partial charge in [0.2, 0.25) is 0 Å². The Morgan fingerprint density at radius 2 is 1.59 bits per heavy atom. The predicted molar refractivity (Wildman–Crippen MR) is 103 cm³/mol. The van der Waals surface area contributed by atoms with Gasteiger partial charge in [-0.25, -0.2) is 4.79 Å². The molecule has 0 unspecified atom stereocenters. The second-order valence-corrected chi connectivity index (χ2v) is 6.39. The van der Waals surface area contributed by atoms with E-state index in [1.165, 1.54) is 0 Å². The third kappa shape index (κ3) is 4.14. The largest absolute Gasteiger partial charge is 0.466 e. The lowest BCUT2D eigenvalue weighted by atomic mass is 9.91. The topological polar surface area (TPSA) is 65.0 Å². The van der Waals surface area contributed by atoms with Crippen LogP contribution in [0.5, 0.6) is 0 Å². The number of esters is 1. The van der Waals surface area contributed by atoms with Crippen LogP contribution in [-0.4, -0.2) is 24.3 Å². The molecule has 0 amide bonds. The first-order chi connectivity index (χ1) is 13.0. The third-order valence-corrected chi connectivity index (χ3v) is 4.31. The van der Waals surface area contributed by atoms with Crippen LogP contribution >= 0.6 is 0 Å². The molecule has 5 nitrogen and oxygen atoms in total. The zero-order valence-electron chi connectivity index (χ0n) is 15.6. The standard InChI is InChI=1S/C22H21NO4/c1-4-26-19(24)13-18(16-9-5-14(2)6-10-16)20-21(23-27-22(20)25)17-11-7-15(3)8-12-17/h5-12H,4,13H2,1-3H3/b20-18-. The molecular weight excluding hydrogens is 342 g/mol. The number of benzene rings is 2. The number of nitrogens with zero attached hydrogens (tertiary/aromatic N) is 1. The van der Waals surface area contributed by atoms with E-state index in [1.807, 2.05) is 62.4 Å². The molecule has 2 aromatic carbocycles. The zero-order chi connectivity index (χ0) is 19.4. The Kier molecular flexibility index (Phi) is 5.50. The van der Waals surface area contributed by atoms with E-state index in [4.69, 9.17) is 9.57 Å². The Hall–Kier alpha value is -3.21. The third-order valence-electron chi connectivity index (χ3n) is 4.31. The van der Waals surface area contributed by atoms with E-state index < -0.39 is 11.9 Å². The van der Waals surface area contributed by atoms with Crippen molar-refractivity contribution in [2.45, 2.75) is 27.2 Å². The highest BCUT2D eigenvalue weighted by atomic mass is 16.7. The maximum absolute atomic E-state index is 12.5. The lowest BCUT2D eigenvalue weighted by Gasteiger charge is -2.12. The minimum atomic E-state index is -0.564. The van der Waals surface area contributed by atoms with Crippen molar-refractivity contribution in [3.05, 3.63) is 76.4 Å². The molecule has 1 aliphatic rings. The fraction of sp³-hybridized carbons (Fsp3) is 0.227. The van der Waals surface area contributed by atoms with E-state index in [2.05, 4.69) is 5.16 Å². The van der Waals surface area contributed by atoms with E-state index in [1.54, 1.807) is 6.92 Å². The summed E-state index contributed by atoms with van der Waals surface area (Å²) >= 11 is 0. The van der Waals surface area contributed by atoms with Crippen LogP contribution in [0.15, 0.2) is 59.3 Å². The van der Waals surface area contributed by atoms with E-state index in [0.29, 0.717) is 16.9 Å². The van der Waals surface area contributed by atoms with Crippen molar-refractivity contribution < 1.29 is 19.2 Å². The number of ether oxygens (including phenoxy) is 1. The minimum absolute atomic E-state index is 0.0355. The first-order valence-corrected chi connectivity index (χ1v) is 8.82. The summed E-state index contributed by atoms with van der Waals surface area (Å²) in [5.41, 5.74) is 4.99. The Morgan fingerprint density at radius 3 is 2.19 bits per heavy atom. The highest BCUT2D eigenvalue weighted by Gasteiger charge is 2.31. The second-order valence-electron chi connectivity index (χ2n) is 6.39. The molecule has 0 radical (unpaired) electrons. The molecule has 0 aromatic heterocycles. The van der Waals surface area contributed by atoms with Crippen LogP contribution in [0.2, 0.25) is 0 Å². The van der Waals surface area contributed by atoms with Gasteiger partial charge in [-0.2, -0.15) is 0 Å². The molecule has 1 heterocycles. The normalized spacial score (nSPS) is 15.2. The zero-order valence-corrected chi connectivity index (χ0v) is 15.6. The van der Waals surface area contributed by atoms with E-state index in [9.17, 15) is 9.59 Å². The summed E-state index contributed by atoms with van der Waals surface area (Å²) in [6, 6.07) is 15.3. The van der Waals surface area contributed by atoms with Gasteiger partial charge in [-0.05, 0) is 31.9 Å². The van der Waals surface area contributed by atoms with Gasteiger partial charge in [0.25, 0.3) is 0 Å². The van der Waals surface area contributed by atoms with Gasteiger partial charge in [0.1, 0.15) is 5.71 Å². The number of oxime groups is 1. The minimum Gasteiger partial charge on any atom is -0.466 e. The van der Waals surface area contributed by atoms with Gasteiger partial charge in [0.05, 0.1) is 18.6 Å². The molecular formula is C22H21NO4. The fourth-order valence-corrected chi connectivity index (χ4v) is 2.90. The Bertz CT molecular complexity index is 922. The average Bonchev–Trinajstić information content (AvgIpc) is 3.03. The van der Waals surface area contributed by atoms with Crippen molar-refractivity contribution in [2.75, 3.05) is 6.61 Å². The summed E-state index contributed by atoms with van der Waals surface area (Å²) in [7, 11) is 0. The smallest absolute Gasteiger partial charge is 0.368 e. The Balaban J connectivity index is 2.13. The molecule has 2 aromatic rings. The molecule has 0 saturated heterocycles. The molecule has 5 heteroatoms. The first kappa shape index (κ1) is 18.6. The molecule has 0 fully saturated rings. The number of hydrogen-bond donors (Lipinski definition) is 0. The van der Waals surface area contributed by atoms with E-state index in [0.717, 1.165) is 22.3 Å². The molecule has 0 N–H and O–H groups in total. The van der Waals surface area contributed by atoms with Crippen LogP contribution < -0.4 is 0 Å². The fourth-order valence-electron chi connectivity index (χ4n) is 2.90. The number of aryl methyl sites for hydroxylation is 2. The van der Waals surface area contributed by atoms with Gasteiger partial charge in [0.15, 0.2) is 0 Å². The summed E-state index contributed by atoms with van der Waals surface area (Å²) in [5, 5.41) is 3.97. The van der Waals surface area contributed by atoms with Crippen molar-refractivity contribution in [1.29, 1.82) is 0 Å². The lowest BCUT2D eigenvalue weighted by molar-refractivity contribution is -0.141. The highest BCUT2D eigenvalue weighted by molar-refractivity contribution is 6.33. The van der Waals surface area contributed by atoms with Crippen LogP contribution in [0.25, 0.3) is 5.57 Å². The van der Waals surface area contributed by atoms with Crippen molar-refractivity contribution in [3.63, 3.8) is 0 Å². The van der Waals surface area contributed by atoms with Gasteiger partial charge >= 0.3 is 11.9 Å². The monoisotopic (exact) mass is 363 g/mol. The summed E-state index contributed by atoms with van der Waals surface area (Å²) in [4.78, 5) is 29.7. The molecule has 0 spiro atoms. The lowest BCUT2D eigenvalue weighted by Crippen LogP contribution is -2.13. The summed E-state index contributed by atoms with van der Waals surface area (Å²) in [6.45, 7) is 5.99. The molecule has 3 rings (SSSR count).